The Morgan fingerprint density at radius 3 is 2.62 bits per heavy atom. The fourth-order valence-corrected chi connectivity index (χ4v) is 3.97. The van der Waals surface area contributed by atoms with Crippen molar-refractivity contribution in [3.63, 3.8) is 0 Å². The van der Waals surface area contributed by atoms with Crippen LogP contribution in [-0.4, -0.2) is 27.6 Å². The molecule has 2 heterocycles. The first-order chi connectivity index (χ1) is 14.1. The molecule has 9 heteroatoms. The Morgan fingerprint density at radius 2 is 1.90 bits per heavy atom. The number of hydrogen-bond acceptors (Lipinski definition) is 8. The van der Waals surface area contributed by atoms with Crippen LogP contribution in [0.1, 0.15) is 11.9 Å². The van der Waals surface area contributed by atoms with E-state index in [0.29, 0.717) is 20.7 Å². The number of rotatable bonds is 6. The molecule has 0 aliphatic heterocycles. The van der Waals surface area contributed by atoms with Crippen LogP contribution < -0.4 is 15.0 Å². The fourth-order valence-electron chi connectivity index (χ4n) is 2.58. The molecule has 0 unspecified atom stereocenters. The number of thiazole rings is 1. The SMILES string of the molecule is COc1ccc(-c2csc(NN=C(C)c3nn(-c4ccccc4)c(=N)s3)n2)cc1. The van der Waals surface area contributed by atoms with Gasteiger partial charge in [-0.2, -0.15) is 10.2 Å². The van der Waals surface area contributed by atoms with Crippen molar-refractivity contribution < 1.29 is 4.74 Å². The molecule has 2 aromatic carbocycles. The number of hydrogen-bond donors (Lipinski definition) is 2. The molecule has 0 spiro atoms. The number of aromatic nitrogens is 3. The van der Waals surface area contributed by atoms with Gasteiger partial charge in [0.25, 0.3) is 0 Å². The Morgan fingerprint density at radius 1 is 1.14 bits per heavy atom. The number of nitrogens with zero attached hydrogens (tertiary/aromatic N) is 4. The smallest absolute Gasteiger partial charge is 0.205 e. The Balaban J connectivity index is 1.50. The molecule has 0 fully saturated rings. The highest BCUT2D eigenvalue weighted by molar-refractivity contribution is 7.14. The van der Waals surface area contributed by atoms with Gasteiger partial charge in [0, 0.05) is 10.9 Å². The van der Waals surface area contributed by atoms with E-state index in [1.165, 1.54) is 22.7 Å². The average molecular weight is 423 g/mol. The molecule has 0 saturated heterocycles. The minimum absolute atomic E-state index is 0.344. The van der Waals surface area contributed by atoms with Crippen molar-refractivity contribution in [1.29, 1.82) is 5.41 Å². The van der Waals surface area contributed by atoms with E-state index in [1.54, 1.807) is 11.8 Å². The van der Waals surface area contributed by atoms with E-state index in [2.05, 4.69) is 20.6 Å². The van der Waals surface area contributed by atoms with Gasteiger partial charge >= 0.3 is 0 Å². The van der Waals surface area contributed by atoms with Gasteiger partial charge in [-0.15, -0.1) is 11.3 Å². The summed E-state index contributed by atoms with van der Waals surface area (Å²) in [6.45, 7) is 1.86. The van der Waals surface area contributed by atoms with E-state index in [9.17, 15) is 0 Å². The predicted molar refractivity (Wildman–Crippen MR) is 117 cm³/mol. The van der Waals surface area contributed by atoms with Gasteiger partial charge in [-0.3, -0.25) is 10.8 Å². The molecule has 0 aliphatic carbocycles. The molecule has 0 aliphatic rings. The molecule has 7 nitrogen and oxygen atoms in total. The highest BCUT2D eigenvalue weighted by Crippen LogP contribution is 2.26. The maximum Gasteiger partial charge on any atom is 0.205 e. The number of para-hydroxylation sites is 1. The molecule has 0 amide bonds. The van der Waals surface area contributed by atoms with E-state index in [1.807, 2.05) is 66.9 Å². The highest BCUT2D eigenvalue weighted by atomic mass is 32.1. The topological polar surface area (TPSA) is 88.2 Å². The summed E-state index contributed by atoms with van der Waals surface area (Å²) in [4.78, 5) is 4.92. The van der Waals surface area contributed by atoms with Gasteiger partial charge in [0.05, 0.1) is 24.2 Å². The van der Waals surface area contributed by atoms with Crippen molar-refractivity contribution in [1.82, 2.24) is 14.8 Å². The van der Waals surface area contributed by atoms with Crippen LogP contribution in [0.4, 0.5) is 5.13 Å². The monoisotopic (exact) mass is 422 g/mol. The lowest BCUT2D eigenvalue weighted by Crippen LogP contribution is -2.12. The summed E-state index contributed by atoms with van der Waals surface area (Å²) >= 11 is 2.75. The second-order valence-corrected chi connectivity index (χ2v) is 7.87. The summed E-state index contributed by atoms with van der Waals surface area (Å²) in [6, 6.07) is 17.4. The minimum atomic E-state index is 0.344. The molecule has 0 saturated carbocycles. The van der Waals surface area contributed by atoms with E-state index in [4.69, 9.17) is 10.1 Å². The van der Waals surface area contributed by atoms with Crippen molar-refractivity contribution in [3.05, 3.63) is 69.8 Å². The summed E-state index contributed by atoms with van der Waals surface area (Å²) in [5.41, 5.74) is 6.42. The minimum Gasteiger partial charge on any atom is -0.497 e. The van der Waals surface area contributed by atoms with Gasteiger partial charge in [-0.25, -0.2) is 9.67 Å². The van der Waals surface area contributed by atoms with Crippen LogP contribution >= 0.6 is 22.7 Å². The van der Waals surface area contributed by atoms with E-state index in [-0.39, 0.29) is 0 Å². The normalized spacial score (nSPS) is 11.4. The fraction of sp³-hybridized carbons (Fsp3) is 0.100. The molecule has 2 N–H and O–H groups in total. The summed E-state index contributed by atoms with van der Waals surface area (Å²) in [5.74, 6) is 0.813. The number of nitrogens with one attached hydrogen (secondary N) is 2. The maximum atomic E-state index is 8.17. The van der Waals surface area contributed by atoms with Gasteiger partial charge in [0.1, 0.15) is 5.75 Å². The number of benzene rings is 2. The van der Waals surface area contributed by atoms with Crippen LogP contribution in [0.5, 0.6) is 5.75 Å². The first-order valence-corrected chi connectivity index (χ1v) is 10.4. The quantitative estimate of drug-likeness (QED) is 0.356. The third-order valence-electron chi connectivity index (χ3n) is 4.10. The van der Waals surface area contributed by atoms with Crippen LogP contribution in [-0.2, 0) is 0 Å². The molecule has 0 radical (unpaired) electrons. The zero-order valence-corrected chi connectivity index (χ0v) is 17.4. The lowest BCUT2D eigenvalue weighted by atomic mass is 10.2. The summed E-state index contributed by atoms with van der Waals surface area (Å²) in [6.07, 6.45) is 0. The first kappa shape index (κ1) is 19.0. The zero-order chi connectivity index (χ0) is 20.2. The Bertz CT molecular complexity index is 1190. The van der Waals surface area contributed by atoms with E-state index < -0.39 is 0 Å². The number of anilines is 1. The van der Waals surface area contributed by atoms with Crippen LogP contribution in [0, 0.1) is 5.41 Å². The Labute approximate surface area is 175 Å². The van der Waals surface area contributed by atoms with Crippen molar-refractivity contribution >= 4 is 33.5 Å². The van der Waals surface area contributed by atoms with Crippen molar-refractivity contribution in [2.45, 2.75) is 6.92 Å². The van der Waals surface area contributed by atoms with E-state index >= 15 is 0 Å². The van der Waals surface area contributed by atoms with Gasteiger partial charge < -0.3 is 4.74 Å². The third kappa shape index (κ3) is 4.25. The lowest BCUT2D eigenvalue weighted by Gasteiger charge is -2.00. The molecule has 146 valence electrons. The standard InChI is InChI=1S/C20H18N6OS2/c1-13(18-25-26(19(21)29-18)15-6-4-3-5-7-15)23-24-20-22-17(12-28-20)14-8-10-16(27-2)11-9-14/h3-12,21H,1-2H3,(H,22,24). The second kappa shape index (κ2) is 8.38. The molecule has 0 bridgehead atoms. The molecule has 4 aromatic rings. The van der Waals surface area contributed by atoms with Crippen LogP contribution in [0.2, 0.25) is 0 Å². The van der Waals surface area contributed by atoms with Gasteiger partial charge in [-0.05, 0) is 43.3 Å². The van der Waals surface area contributed by atoms with Crippen LogP contribution in [0.25, 0.3) is 16.9 Å². The van der Waals surface area contributed by atoms with Crippen molar-refractivity contribution in [2.24, 2.45) is 5.10 Å². The average Bonchev–Trinajstić information content (AvgIpc) is 3.39. The van der Waals surface area contributed by atoms with E-state index in [0.717, 1.165) is 22.7 Å². The van der Waals surface area contributed by atoms with Gasteiger partial charge in [0.15, 0.2) is 5.01 Å². The molecule has 4 rings (SSSR count). The Hall–Kier alpha value is -3.30. The predicted octanol–water partition coefficient (Wildman–Crippen LogP) is 4.38. The number of hydrazone groups is 1. The summed E-state index contributed by atoms with van der Waals surface area (Å²) in [5, 5.41) is 20.4. The molecular weight excluding hydrogens is 404 g/mol. The third-order valence-corrected chi connectivity index (χ3v) is 5.78. The lowest BCUT2D eigenvalue weighted by molar-refractivity contribution is 0.415. The van der Waals surface area contributed by atoms with Crippen LogP contribution in [0.3, 0.4) is 0 Å². The van der Waals surface area contributed by atoms with Gasteiger partial charge in [-0.1, -0.05) is 29.5 Å². The molecule has 0 atom stereocenters. The number of ether oxygens (including phenoxy) is 1. The Kier molecular flexibility index (Phi) is 5.50. The van der Waals surface area contributed by atoms with Crippen LogP contribution in [0.15, 0.2) is 65.1 Å². The summed E-state index contributed by atoms with van der Waals surface area (Å²) < 4.78 is 6.79. The molecule has 2 aromatic heterocycles. The highest BCUT2D eigenvalue weighted by Gasteiger charge is 2.09. The van der Waals surface area contributed by atoms with Crippen molar-refractivity contribution in [2.75, 3.05) is 12.5 Å². The molecular formula is C20H18N6OS2. The first-order valence-electron chi connectivity index (χ1n) is 8.75. The maximum absolute atomic E-state index is 8.17. The summed E-state index contributed by atoms with van der Waals surface area (Å²) in [7, 11) is 1.65. The zero-order valence-electron chi connectivity index (χ0n) is 15.8. The van der Waals surface area contributed by atoms with Crippen molar-refractivity contribution in [3.8, 4) is 22.7 Å². The second-order valence-electron chi connectivity index (χ2n) is 6.04. The van der Waals surface area contributed by atoms with Gasteiger partial charge in [0.2, 0.25) is 9.93 Å². The largest absolute Gasteiger partial charge is 0.497 e. The number of methoxy groups -OCH3 is 1. The molecule has 29 heavy (non-hydrogen) atoms.